The van der Waals surface area contributed by atoms with Crippen LogP contribution in [0, 0.1) is 0 Å². The Kier molecular flexibility index (Phi) is 8.40. The molecular weight excluding hydrogens is 400 g/mol. The van der Waals surface area contributed by atoms with Crippen LogP contribution in [0.15, 0.2) is 48.5 Å². The Morgan fingerprint density at radius 3 is 1.22 bits per heavy atom. The summed E-state index contributed by atoms with van der Waals surface area (Å²) in [6.45, 7) is 13.0. The van der Waals surface area contributed by atoms with Gasteiger partial charge in [-0.3, -0.25) is 9.80 Å². The molecule has 2 heterocycles. The molecule has 0 saturated carbocycles. The van der Waals surface area contributed by atoms with E-state index in [2.05, 4.69) is 19.6 Å². The number of aromatic hydroxyl groups is 2. The highest BCUT2D eigenvalue weighted by atomic mass is 16.3. The molecule has 4 rings (SSSR count). The van der Waals surface area contributed by atoms with Crippen molar-refractivity contribution in [3.05, 3.63) is 59.7 Å². The summed E-state index contributed by atoms with van der Waals surface area (Å²) in [5, 5.41) is 20.2. The maximum atomic E-state index is 10.1. The molecule has 0 atom stereocenters. The normalized spacial score (nSPS) is 23.5. The molecule has 0 spiro atoms. The second-order valence-corrected chi connectivity index (χ2v) is 9.12. The van der Waals surface area contributed by atoms with Crippen LogP contribution in [0.1, 0.15) is 11.1 Å². The monoisotopic (exact) mass is 438 g/mol. The average molecular weight is 439 g/mol. The third-order valence-corrected chi connectivity index (χ3v) is 7.04. The second kappa shape index (κ2) is 11.7. The Labute approximate surface area is 192 Å². The molecule has 2 aromatic rings. The van der Waals surface area contributed by atoms with Crippen LogP contribution in [-0.4, -0.2) is 108 Å². The fourth-order valence-electron chi connectivity index (χ4n) is 4.76. The number of nitrogens with zero attached hydrogens (tertiary/aromatic N) is 4. The van der Waals surface area contributed by atoms with Gasteiger partial charge in [-0.2, -0.15) is 0 Å². The van der Waals surface area contributed by atoms with E-state index in [9.17, 15) is 10.2 Å². The topological polar surface area (TPSA) is 53.4 Å². The highest BCUT2D eigenvalue weighted by molar-refractivity contribution is 5.32. The van der Waals surface area contributed by atoms with Crippen molar-refractivity contribution in [3.8, 4) is 11.5 Å². The molecule has 0 radical (unpaired) electrons. The Hall–Kier alpha value is -2.12. The predicted octanol–water partition coefficient (Wildman–Crippen LogP) is 2.12. The van der Waals surface area contributed by atoms with Crippen molar-refractivity contribution >= 4 is 0 Å². The predicted molar refractivity (Wildman–Crippen MR) is 129 cm³/mol. The van der Waals surface area contributed by atoms with E-state index in [1.165, 1.54) is 0 Å². The molecule has 6 nitrogen and oxygen atoms in total. The average Bonchev–Trinajstić information content (AvgIpc) is 2.96. The van der Waals surface area contributed by atoms with Crippen LogP contribution in [0.2, 0.25) is 0 Å². The van der Waals surface area contributed by atoms with Crippen molar-refractivity contribution in [2.45, 2.75) is 12.8 Å². The number of hydrogen-bond acceptors (Lipinski definition) is 6. The lowest BCUT2D eigenvalue weighted by Crippen LogP contribution is -2.42. The van der Waals surface area contributed by atoms with Crippen LogP contribution in [0.5, 0.6) is 11.5 Å². The number of fused-ring (bicyclic) bond motifs is 3. The van der Waals surface area contributed by atoms with Crippen LogP contribution < -0.4 is 0 Å². The smallest absolute Gasteiger partial charge is 0.118 e. The highest BCUT2D eigenvalue weighted by Gasteiger charge is 2.20. The van der Waals surface area contributed by atoms with Crippen LogP contribution >= 0.6 is 0 Å². The van der Waals surface area contributed by atoms with Gasteiger partial charge in [0.2, 0.25) is 0 Å². The number of phenols is 2. The van der Waals surface area contributed by atoms with Crippen molar-refractivity contribution in [1.82, 2.24) is 19.6 Å². The van der Waals surface area contributed by atoms with Gasteiger partial charge in [0.05, 0.1) is 0 Å². The SMILES string of the molecule is Oc1ccccc1CCN1CCN2CCN(CCc3ccccc3O)CCN(CC1)CC2. The first-order chi connectivity index (χ1) is 15.7. The Morgan fingerprint density at radius 1 is 0.500 bits per heavy atom. The van der Waals surface area contributed by atoms with Gasteiger partial charge >= 0.3 is 0 Å². The standard InChI is InChI=1S/C26H38N4O2/c31-25-7-3-1-5-23(25)9-11-27-13-17-29-19-15-28(16-20-30(18-14-27)22-21-29)12-10-24-6-2-4-8-26(24)32/h1-8,31-32H,9-22H2. The third-order valence-electron chi connectivity index (χ3n) is 7.04. The molecule has 0 unspecified atom stereocenters. The number of rotatable bonds is 6. The van der Waals surface area contributed by atoms with E-state index < -0.39 is 0 Å². The lowest BCUT2D eigenvalue weighted by atomic mass is 10.1. The van der Waals surface area contributed by atoms with Crippen LogP contribution in [0.25, 0.3) is 0 Å². The molecule has 2 aliphatic rings. The molecule has 0 aromatic heterocycles. The van der Waals surface area contributed by atoms with E-state index in [0.717, 1.165) is 103 Å². The molecule has 2 aliphatic heterocycles. The Morgan fingerprint density at radius 2 is 0.844 bits per heavy atom. The van der Waals surface area contributed by atoms with Crippen LogP contribution in [0.4, 0.5) is 0 Å². The summed E-state index contributed by atoms with van der Waals surface area (Å²) in [6.07, 6.45) is 1.79. The zero-order chi connectivity index (χ0) is 22.2. The number of para-hydroxylation sites is 2. The van der Waals surface area contributed by atoms with Crippen molar-refractivity contribution in [1.29, 1.82) is 0 Å². The van der Waals surface area contributed by atoms with Crippen molar-refractivity contribution in [2.24, 2.45) is 0 Å². The van der Waals surface area contributed by atoms with Gasteiger partial charge in [0.15, 0.2) is 0 Å². The first-order valence-electron chi connectivity index (χ1n) is 12.1. The summed E-state index contributed by atoms with van der Waals surface area (Å²) in [6, 6.07) is 15.4. The van der Waals surface area contributed by atoms with Gasteiger partial charge in [0.1, 0.15) is 11.5 Å². The van der Waals surface area contributed by atoms with Gasteiger partial charge in [-0.1, -0.05) is 36.4 Å². The molecule has 2 aromatic carbocycles. The van der Waals surface area contributed by atoms with Crippen LogP contribution in [0.3, 0.4) is 0 Å². The zero-order valence-electron chi connectivity index (χ0n) is 19.2. The summed E-state index contributed by atoms with van der Waals surface area (Å²) < 4.78 is 0. The molecule has 2 fully saturated rings. The minimum atomic E-state index is 0.415. The first-order valence-corrected chi connectivity index (χ1v) is 12.1. The fraction of sp³-hybridized carbons (Fsp3) is 0.538. The van der Waals surface area contributed by atoms with Gasteiger partial charge in [-0.05, 0) is 36.1 Å². The number of hydrogen-bond donors (Lipinski definition) is 2. The molecule has 0 aliphatic carbocycles. The molecule has 6 heteroatoms. The van der Waals surface area contributed by atoms with Gasteiger partial charge < -0.3 is 20.0 Å². The quantitative estimate of drug-likeness (QED) is 0.721. The van der Waals surface area contributed by atoms with E-state index in [1.807, 2.05) is 36.4 Å². The lowest BCUT2D eigenvalue weighted by Gasteiger charge is -2.30. The van der Waals surface area contributed by atoms with Gasteiger partial charge in [0, 0.05) is 78.5 Å². The molecule has 174 valence electrons. The van der Waals surface area contributed by atoms with E-state index in [0.29, 0.717) is 11.5 Å². The fourth-order valence-corrected chi connectivity index (χ4v) is 4.76. The van der Waals surface area contributed by atoms with Crippen molar-refractivity contribution in [3.63, 3.8) is 0 Å². The van der Waals surface area contributed by atoms with Crippen molar-refractivity contribution < 1.29 is 10.2 Å². The zero-order valence-corrected chi connectivity index (χ0v) is 19.2. The summed E-state index contributed by atoms with van der Waals surface area (Å²) in [5.41, 5.74) is 2.09. The Bertz CT molecular complexity index is 761. The Balaban J connectivity index is 1.31. The molecule has 2 N–H and O–H groups in total. The summed E-state index contributed by atoms with van der Waals surface area (Å²) in [7, 11) is 0. The molecular formula is C26H38N4O2. The molecule has 32 heavy (non-hydrogen) atoms. The van der Waals surface area contributed by atoms with E-state index in [1.54, 1.807) is 12.1 Å². The van der Waals surface area contributed by atoms with Gasteiger partial charge in [-0.25, -0.2) is 0 Å². The summed E-state index contributed by atoms with van der Waals surface area (Å²) in [4.78, 5) is 10.4. The molecule has 2 bridgehead atoms. The van der Waals surface area contributed by atoms with E-state index >= 15 is 0 Å². The minimum absolute atomic E-state index is 0.415. The number of benzene rings is 2. The summed E-state index contributed by atoms with van der Waals surface area (Å²) in [5.74, 6) is 0.830. The molecule has 0 amide bonds. The second-order valence-electron chi connectivity index (χ2n) is 9.12. The van der Waals surface area contributed by atoms with E-state index in [4.69, 9.17) is 0 Å². The van der Waals surface area contributed by atoms with Crippen molar-refractivity contribution in [2.75, 3.05) is 78.5 Å². The van der Waals surface area contributed by atoms with Gasteiger partial charge in [0.25, 0.3) is 0 Å². The maximum Gasteiger partial charge on any atom is 0.118 e. The van der Waals surface area contributed by atoms with Crippen LogP contribution in [-0.2, 0) is 12.8 Å². The summed E-state index contributed by atoms with van der Waals surface area (Å²) >= 11 is 0. The number of phenolic OH excluding ortho intramolecular Hbond substituents is 2. The maximum absolute atomic E-state index is 10.1. The first kappa shape index (κ1) is 23.1. The molecule has 2 saturated heterocycles. The largest absolute Gasteiger partial charge is 0.508 e. The third kappa shape index (κ3) is 6.69. The lowest BCUT2D eigenvalue weighted by molar-refractivity contribution is 0.176. The van der Waals surface area contributed by atoms with Gasteiger partial charge in [-0.15, -0.1) is 0 Å². The minimum Gasteiger partial charge on any atom is -0.508 e. The van der Waals surface area contributed by atoms with E-state index in [-0.39, 0.29) is 0 Å². The highest BCUT2D eigenvalue weighted by Crippen LogP contribution is 2.18.